The molecule has 0 aliphatic rings. The molecule has 0 fully saturated rings. The molecular formula is C21H21BrClN5O4. The maximum Gasteiger partial charge on any atom is 0.419 e. The van der Waals surface area contributed by atoms with E-state index in [1.807, 2.05) is 0 Å². The predicted molar refractivity (Wildman–Crippen MR) is 126 cm³/mol. The Morgan fingerprint density at radius 2 is 1.84 bits per heavy atom. The highest BCUT2D eigenvalue weighted by atomic mass is 79.9. The van der Waals surface area contributed by atoms with Gasteiger partial charge in [-0.05, 0) is 61.0 Å². The molecule has 0 aliphatic heterocycles. The summed E-state index contributed by atoms with van der Waals surface area (Å²) >= 11 is 9.43. The molecular weight excluding hydrogens is 502 g/mol. The first-order valence-corrected chi connectivity index (χ1v) is 10.9. The Hall–Kier alpha value is -2.85. The van der Waals surface area contributed by atoms with Crippen LogP contribution in [0.4, 0.5) is 4.79 Å². The van der Waals surface area contributed by atoms with Crippen LogP contribution < -0.4 is 11.2 Å². The average Bonchev–Trinajstić information content (AvgIpc) is 3.19. The highest BCUT2D eigenvalue weighted by molar-refractivity contribution is 9.10. The molecule has 0 aliphatic carbocycles. The predicted octanol–water partition coefficient (Wildman–Crippen LogP) is 3.64. The van der Waals surface area contributed by atoms with E-state index < -0.39 is 22.9 Å². The number of halogens is 2. The van der Waals surface area contributed by atoms with Crippen molar-refractivity contribution >= 4 is 55.7 Å². The van der Waals surface area contributed by atoms with Crippen molar-refractivity contribution in [1.29, 1.82) is 0 Å². The number of fused-ring (bicyclic) bond motifs is 2. The van der Waals surface area contributed by atoms with Gasteiger partial charge in [0.2, 0.25) is 0 Å². The fourth-order valence-corrected chi connectivity index (χ4v) is 4.13. The van der Waals surface area contributed by atoms with E-state index in [-0.39, 0.29) is 17.7 Å². The second-order valence-corrected chi connectivity index (χ2v) is 9.65. The molecule has 168 valence electrons. The first-order chi connectivity index (χ1) is 14.9. The second-order valence-electron chi connectivity index (χ2n) is 8.50. The Bertz CT molecular complexity index is 1520. The molecule has 4 aromatic rings. The van der Waals surface area contributed by atoms with Crippen LogP contribution in [0.15, 0.2) is 38.6 Å². The Labute approximate surface area is 195 Å². The summed E-state index contributed by atoms with van der Waals surface area (Å²) < 4.78 is 11.3. The molecule has 0 bridgehead atoms. The van der Waals surface area contributed by atoms with Crippen molar-refractivity contribution < 1.29 is 9.53 Å². The van der Waals surface area contributed by atoms with Crippen molar-refractivity contribution in [3.8, 4) is 0 Å². The molecule has 9 nitrogen and oxygen atoms in total. The van der Waals surface area contributed by atoms with Crippen LogP contribution in [0, 0.1) is 0 Å². The van der Waals surface area contributed by atoms with Gasteiger partial charge in [-0.3, -0.25) is 13.9 Å². The molecule has 0 saturated heterocycles. The monoisotopic (exact) mass is 521 g/mol. The molecule has 3 heterocycles. The number of carbonyl (C=O) groups excluding carboxylic acids is 1. The minimum absolute atomic E-state index is 0.143. The SMILES string of the molecule is Cn1c(Br)nc2c1c(=O)n(Cc1cc3cc(Cl)ccc3n1C(=O)OC(C)(C)C)c(=O)n2C. The first-order valence-electron chi connectivity index (χ1n) is 9.74. The number of aryl methyl sites for hydroxylation is 2. The first kappa shape index (κ1) is 22.3. The van der Waals surface area contributed by atoms with Crippen molar-refractivity contribution in [2.75, 3.05) is 0 Å². The van der Waals surface area contributed by atoms with Gasteiger partial charge in [-0.2, -0.15) is 0 Å². The van der Waals surface area contributed by atoms with Gasteiger partial charge < -0.3 is 9.30 Å². The van der Waals surface area contributed by atoms with Gasteiger partial charge in [0.25, 0.3) is 5.56 Å². The van der Waals surface area contributed by atoms with Crippen LogP contribution in [0.5, 0.6) is 0 Å². The molecule has 0 saturated carbocycles. The molecule has 1 aromatic carbocycles. The van der Waals surface area contributed by atoms with Crippen molar-refractivity contribution in [3.05, 3.63) is 60.6 Å². The third kappa shape index (κ3) is 3.67. The Morgan fingerprint density at radius 1 is 1.16 bits per heavy atom. The molecule has 0 spiro atoms. The van der Waals surface area contributed by atoms with Gasteiger partial charge in [-0.1, -0.05) is 11.6 Å². The van der Waals surface area contributed by atoms with Gasteiger partial charge in [0.15, 0.2) is 15.9 Å². The van der Waals surface area contributed by atoms with Gasteiger partial charge >= 0.3 is 11.8 Å². The molecule has 0 amide bonds. The second kappa shape index (κ2) is 7.63. The number of hydrogen-bond acceptors (Lipinski definition) is 5. The smallest absolute Gasteiger partial charge is 0.419 e. The zero-order chi connectivity index (χ0) is 23.5. The fraction of sp³-hybridized carbons (Fsp3) is 0.333. The summed E-state index contributed by atoms with van der Waals surface area (Å²) in [6, 6.07) is 6.80. The van der Waals surface area contributed by atoms with Crippen LogP contribution in [0.2, 0.25) is 5.02 Å². The maximum absolute atomic E-state index is 13.2. The van der Waals surface area contributed by atoms with Gasteiger partial charge in [0, 0.05) is 24.5 Å². The zero-order valence-electron chi connectivity index (χ0n) is 18.1. The molecule has 11 heteroatoms. The summed E-state index contributed by atoms with van der Waals surface area (Å²) in [7, 11) is 3.22. The molecule has 3 aromatic heterocycles. The Morgan fingerprint density at radius 3 is 2.50 bits per heavy atom. The Balaban J connectivity index is 1.96. The lowest BCUT2D eigenvalue weighted by Gasteiger charge is -2.21. The molecule has 0 radical (unpaired) electrons. The molecule has 4 rings (SSSR count). The summed E-state index contributed by atoms with van der Waals surface area (Å²) in [4.78, 5) is 43.6. The Kier molecular flexibility index (Phi) is 5.33. The summed E-state index contributed by atoms with van der Waals surface area (Å²) in [6.45, 7) is 5.15. The number of imidazole rings is 1. The van der Waals surface area contributed by atoms with E-state index in [2.05, 4.69) is 20.9 Å². The average molecular weight is 523 g/mol. The minimum atomic E-state index is -0.732. The van der Waals surface area contributed by atoms with Gasteiger partial charge in [0.05, 0.1) is 17.8 Å². The number of rotatable bonds is 2. The van der Waals surface area contributed by atoms with E-state index in [1.165, 1.54) is 9.13 Å². The molecule has 0 atom stereocenters. The maximum atomic E-state index is 13.2. The zero-order valence-corrected chi connectivity index (χ0v) is 20.5. The summed E-state index contributed by atoms with van der Waals surface area (Å²) in [5.74, 6) is 0. The van der Waals surface area contributed by atoms with E-state index in [1.54, 1.807) is 63.7 Å². The van der Waals surface area contributed by atoms with E-state index in [0.29, 0.717) is 26.4 Å². The number of nitrogens with zero attached hydrogens (tertiary/aromatic N) is 5. The summed E-state index contributed by atoms with van der Waals surface area (Å²) in [6.07, 6.45) is -0.612. The van der Waals surface area contributed by atoms with Crippen LogP contribution in [0.25, 0.3) is 22.1 Å². The highest BCUT2D eigenvalue weighted by Crippen LogP contribution is 2.25. The quantitative estimate of drug-likeness (QED) is 0.375. The third-order valence-electron chi connectivity index (χ3n) is 5.04. The normalized spacial score (nSPS) is 12.1. The number of benzene rings is 1. The minimum Gasteiger partial charge on any atom is -0.443 e. The summed E-state index contributed by atoms with van der Waals surface area (Å²) in [5.41, 5.74) is -0.282. The summed E-state index contributed by atoms with van der Waals surface area (Å²) in [5, 5.41) is 1.19. The van der Waals surface area contributed by atoms with Crippen LogP contribution in [-0.2, 0) is 25.4 Å². The van der Waals surface area contributed by atoms with E-state index in [0.717, 1.165) is 4.57 Å². The van der Waals surface area contributed by atoms with Crippen LogP contribution in [0.3, 0.4) is 0 Å². The largest absolute Gasteiger partial charge is 0.443 e. The lowest BCUT2D eigenvalue weighted by atomic mass is 10.2. The van der Waals surface area contributed by atoms with Crippen molar-refractivity contribution in [2.45, 2.75) is 32.9 Å². The van der Waals surface area contributed by atoms with E-state index >= 15 is 0 Å². The number of aromatic nitrogens is 5. The van der Waals surface area contributed by atoms with E-state index in [9.17, 15) is 14.4 Å². The highest BCUT2D eigenvalue weighted by Gasteiger charge is 2.24. The topological polar surface area (TPSA) is 93.1 Å². The van der Waals surface area contributed by atoms with Crippen LogP contribution in [0.1, 0.15) is 26.5 Å². The number of ether oxygens (including phenoxy) is 1. The standard InChI is InChI=1S/C21H21BrClN5O4/c1-21(2,3)32-20(31)28-13(9-11-8-12(23)6-7-14(11)28)10-27-17(29)15-16(26(5)19(27)30)24-18(22)25(15)4/h6-9H,10H2,1-5H3. The van der Waals surface area contributed by atoms with Crippen molar-refractivity contribution in [3.63, 3.8) is 0 Å². The van der Waals surface area contributed by atoms with Crippen molar-refractivity contribution in [2.24, 2.45) is 14.1 Å². The number of hydrogen-bond donors (Lipinski definition) is 0. The van der Waals surface area contributed by atoms with Gasteiger partial charge in [-0.15, -0.1) is 0 Å². The van der Waals surface area contributed by atoms with Gasteiger partial charge in [-0.25, -0.2) is 19.1 Å². The van der Waals surface area contributed by atoms with Crippen molar-refractivity contribution in [1.82, 2.24) is 23.3 Å². The third-order valence-corrected chi connectivity index (χ3v) is 5.99. The lowest BCUT2D eigenvalue weighted by Crippen LogP contribution is -2.40. The number of carbonyl (C=O) groups is 1. The lowest BCUT2D eigenvalue weighted by molar-refractivity contribution is 0.0540. The van der Waals surface area contributed by atoms with Crippen LogP contribution >= 0.6 is 27.5 Å². The van der Waals surface area contributed by atoms with Crippen LogP contribution in [-0.4, -0.2) is 34.9 Å². The molecule has 32 heavy (non-hydrogen) atoms. The molecule has 0 N–H and O–H groups in total. The fourth-order valence-electron chi connectivity index (χ4n) is 3.60. The van der Waals surface area contributed by atoms with E-state index in [4.69, 9.17) is 16.3 Å². The molecule has 0 unspecified atom stereocenters. The van der Waals surface area contributed by atoms with Gasteiger partial charge in [0.1, 0.15) is 5.60 Å².